The fourth-order valence-corrected chi connectivity index (χ4v) is 3.50. The lowest BCUT2D eigenvalue weighted by Crippen LogP contribution is -2.20. The highest BCUT2D eigenvalue weighted by atomic mass is 32.1. The number of hydrogen-bond donors (Lipinski definition) is 1. The van der Waals surface area contributed by atoms with Crippen molar-refractivity contribution in [2.24, 2.45) is 11.3 Å². The Hall–Kier alpha value is -1.29. The molecule has 20 heavy (non-hydrogen) atoms. The van der Waals surface area contributed by atoms with Crippen molar-refractivity contribution >= 4 is 26.7 Å². The van der Waals surface area contributed by atoms with E-state index >= 15 is 0 Å². The molecular weight excluding hydrogens is 268 g/mol. The maximum Gasteiger partial charge on any atom is 0.183 e. The van der Waals surface area contributed by atoms with Gasteiger partial charge in [0.15, 0.2) is 5.13 Å². The van der Waals surface area contributed by atoms with Crippen molar-refractivity contribution in [3.63, 3.8) is 0 Å². The number of fused-ring (bicyclic) bond motifs is 1. The molecule has 1 fully saturated rings. The van der Waals surface area contributed by atoms with Gasteiger partial charge in [-0.3, -0.25) is 0 Å². The van der Waals surface area contributed by atoms with Crippen molar-refractivity contribution in [2.45, 2.75) is 33.6 Å². The standard InChI is InChI=1S/C16H22N2OS/c1-4-19-12-5-6-13-14(9-12)20-15(18-13)17-10-16(7-8-16)11(2)3/h5-6,9,11H,4,7-8,10H2,1-3H3,(H,17,18). The van der Waals surface area contributed by atoms with Crippen molar-refractivity contribution in [1.29, 1.82) is 0 Å². The van der Waals surface area contributed by atoms with E-state index in [9.17, 15) is 0 Å². The predicted octanol–water partition coefficient (Wildman–Crippen LogP) is 4.54. The lowest BCUT2D eigenvalue weighted by atomic mass is 9.92. The Morgan fingerprint density at radius 3 is 2.85 bits per heavy atom. The normalized spacial score (nSPS) is 16.6. The number of rotatable bonds is 6. The molecular formula is C16H22N2OS. The number of anilines is 1. The van der Waals surface area contributed by atoms with Gasteiger partial charge >= 0.3 is 0 Å². The van der Waals surface area contributed by atoms with Crippen LogP contribution < -0.4 is 10.1 Å². The molecule has 1 aromatic heterocycles. The zero-order chi connectivity index (χ0) is 14.2. The van der Waals surface area contributed by atoms with E-state index in [2.05, 4.69) is 30.2 Å². The molecule has 1 saturated carbocycles. The van der Waals surface area contributed by atoms with Crippen LogP contribution in [0.1, 0.15) is 33.6 Å². The van der Waals surface area contributed by atoms with Crippen LogP contribution in [0.15, 0.2) is 18.2 Å². The van der Waals surface area contributed by atoms with Gasteiger partial charge < -0.3 is 10.1 Å². The monoisotopic (exact) mass is 290 g/mol. The Morgan fingerprint density at radius 1 is 1.40 bits per heavy atom. The summed E-state index contributed by atoms with van der Waals surface area (Å²) in [5.74, 6) is 1.67. The number of ether oxygens (including phenoxy) is 1. The van der Waals surface area contributed by atoms with Gasteiger partial charge in [0.2, 0.25) is 0 Å². The molecule has 0 spiro atoms. The van der Waals surface area contributed by atoms with Crippen molar-refractivity contribution in [3.05, 3.63) is 18.2 Å². The number of hydrogen-bond acceptors (Lipinski definition) is 4. The quantitative estimate of drug-likeness (QED) is 0.848. The summed E-state index contributed by atoms with van der Waals surface area (Å²) in [6.45, 7) is 8.39. The molecule has 108 valence electrons. The third kappa shape index (κ3) is 2.62. The second-order valence-corrected chi connectivity index (χ2v) is 6.98. The van der Waals surface area contributed by atoms with Crippen LogP contribution in [0, 0.1) is 11.3 Å². The first-order valence-corrected chi connectivity index (χ1v) is 8.22. The molecule has 0 aliphatic heterocycles. The molecule has 1 aliphatic carbocycles. The average molecular weight is 290 g/mol. The third-order valence-electron chi connectivity index (χ3n) is 4.38. The van der Waals surface area contributed by atoms with Crippen LogP contribution >= 0.6 is 11.3 Å². The second kappa shape index (κ2) is 5.24. The van der Waals surface area contributed by atoms with E-state index in [0.717, 1.165) is 28.9 Å². The van der Waals surface area contributed by atoms with E-state index in [0.29, 0.717) is 12.0 Å². The Kier molecular flexibility index (Phi) is 3.59. The number of thiazole rings is 1. The van der Waals surface area contributed by atoms with Crippen molar-refractivity contribution in [3.8, 4) is 5.75 Å². The van der Waals surface area contributed by atoms with E-state index in [1.807, 2.05) is 19.1 Å². The topological polar surface area (TPSA) is 34.1 Å². The number of aromatic nitrogens is 1. The summed E-state index contributed by atoms with van der Waals surface area (Å²) in [6.07, 6.45) is 2.69. The largest absolute Gasteiger partial charge is 0.494 e. The maximum atomic E-state index is 5.54. The van der Waals surface area contributed by atoms with Crippen LogP contribution in [0.5, 0.6) is 5.75 Å². The van der Waals surface area contributed by atoms with E-state index in [1.165, 1.54) is 17.5 Å². The van der Waals surface area contributed by atoms with Crippen LogP contribution in [0.2, 0.25) is 0 Å². The van der Waals surface area contributed by atoms with Gasteiger partial charge in [-0.1, -0.05) is 25.2 Å². The molecule has 1 N–H and O–H groups in total. The highest BCUT2D eigenvalue weighted by molar-refractivity contribution is 7.22. The summed E-state index contributed by atoms with van der Waals surface area (Å²) in [4.78, 5) is 4.66. The smallest absolute Gasteiger partial charge is 0.183 e. The molecule has 1 heterocycles. The zero-order valence-corrected chi connectivity index (χ0v) is 13.2. The van der Waals surface area contributed by atoms with E-state index < -0.39 is 0 Å². The Labute approximate surface area is 124 Å². The molecule has 1 aromatic carbocycles. The molecule has 4 heteroatoms. The highest BCUT2D eigenvalue weighted by Gasteiger charge is 2.45. The van der Waals surface area contributed by atoms with E-state index in [-0.39, 0.29) is 0 Å². The van der Waals surface area contributed by atoms with Gasteiger partial charge in [0.05, 0.1) is 16.8 Å². The van der Waals surface area contributed by atoms with Gasteiger partial charge in [-0.05, 0) is 49.3 Å². The van der Waals surface area contributed by atoms with Crippen LogP contribution in [-0.2, 0) is 0 Å². The van der Waals surface area contributed by atoms with E-state index in [1.54, 1.807) is 11.3 Å². The minimum Gasteiger partial charge on any atom is -0.494 e. The van der Waals surface area contributed by atoms with Gasteiger partial charge in [0, 0.05) is 6.54 Å². The first-order chi connectivity index (χ1) is 9.63. The van der Waals surface area contributed by atoms with Gasteiger partial charge in [0.25, 0.3) is 0 Å². The Balaban J connectivity index is 1.72. The molecule has 0 unspecified atom stereocenters. The van der Waals surface area contributed by atoms with Gasteiger partial charge in [-0.25, -0.2) is 4.98 Å². The number of benzene rings is 1. The molecule has 0 saturated heterocycles. The fraction of sp³-hybridized carbons (Fsp3) is 0.562. The maximum absolute atomic E-state index is 5.54. The van der Waals surface area contributed by atoms with E-state index in [4.69, 9.17) is 4.74 Å². The zero-order valence-electron chi connectivity index (χ0n) is 12.4. The molecule has 0 atom stereocenters. The average Bonchev–Trinajstić information content (AvgIpc) is 3.11. The van der Waals surface area contributed by atoms with Gasteiger partial charge in [0.1, 0.15) is 5.75 Å². The third-order valence-corrected chi connectivity index (χ3v) is 5.36. The van der Waals surface area contributed by atoms with Gasteiger partial charge in [-0.2, -0.15) is 0 Å². The Bertz CT molecular complexity index is 602. The summed E-state index contributed by atoms with van der Waals surface area (Å²) in [5, 5.41) is 4.56. The van der Waals surface area contributed by atoms with Crippen LogP contribution in [0.25, 0.3) is 10.2 Å². The lowest BCUT2D eigenvalue weighted by molar-refractivity contribution is 0.341. The molecule has 0 radical (unpaired) electrons. The predicted molar refractivity (Wildman–Crippen MR) is 85.8 cm³/mol. The Morgan fingerprint density at radius 2 is 2.20 bits per heavy atom. The molecule has 2 aromatic rings. The molecule has 3 nitrogen and oxygen atoms in total. The summed E-state index contributed by atoms with van der Waals surface area (Å²) in [7, 11) is 0. The minimum absolute atomic E-state index is 0.508. The summed E-state index contributed by atoms with van der Waals surface area (Å²) in [5.41, 5.74) is 1.56. The highest BCUT2D eigenvalue weighted by Crippen LogP contribution is 2.51. The van der Waals surface area contributed by atoms with Crippen LogP contribution in [-0.4, -0.2) is 18.1 Å². The van der Waals surface area contributed by atoms with Gasteiger partial charge in [-0.15, -0.1) is 0 Å². The second-order valence-electron chi connectivity index (χ2n) is 5.95. The van der Waals surface area contributed by atoms with Crippen molar-refractivity contribution in [1.82, 2.24) is 4.98 Å². The summed E-state index contributed by atoms with van der Waals surface area (Å²) >= 11 is 1.72. The number of nitrogens with one attached hydrogen (secondary N) is 1. The SMILES string of the molecule is CCOc1ccc2nc(NCC3(C(C)C)CC3)sc2c1. The minimum atomic E-state index is 0.508. The van der Waals surface area contributed by atoms with Crippen molar-refractivity contribution < 1.29 is 4.74 Å². The van der Waals surface area contributed by atoms with Crippen molar-refractivity contribution in [2.75, 3.05) is 18.5 Å². The molecule has 0 bridgehead atoms. The van der Waals surface area contributed by atoms with Crippen LogP contribution in [0.4, 0.5) is 5.13 Å². The van der Waals surface area contributed by atoms with Crippen LogP contribution in [0.3, 0.4) is 0 Å². The fourth-order valence-electron chi connectivity index (χ4n) is 2.61. The first kappa shape index (κ1) is 13.7. The molecule has 3 rings (SSSR count). The summed E-state index contributed by atoms with van der Waals surface area (Å²) in [6, 6.07) is 6.11. The number of nitrogens with zero attached hydrogens (tertiary/aromatic N) is 1. The first-order valence-electron chi connectivity index (χ1n) is 7.40. The molecule has 1 aliphatic rings. The molecule has 0 amide bonds. The lowest BCUT2D eigenvalue weighted by Gasteiger charge is -2.19. The summed E-state index contributed by atoms with van der Waals surface area (Å²) < 4.78 is 6.73.